The fourth-order valence-electron chi connectivity index (χ4n) is 3.09. The van der Waals surface area contributed by atoms with Crippen LogP contribution in [-0.4, -0.2) is 0 Å². The molecule has 0 nitrogen and oxygen atoms in total. The Kier molecular flexibility index (Phi) is 3.97. The highest BCUT2D eigenvalue weighted by molar-refractivity contribution is 5.77. The van der Waals surface area contributed by atoms with E-state index in [1.165, 1.54) is 27.8 Å². The molecule has 120 valence electrons. The van der Waals surface area contributed by atoms with Crippen LogP contribution in [0.15, 0.2) is 30.3 Å². The Bertz CT molecular complexity index is 591. The third-order valence-corrected chi connectivity index (χ3v) is 4.50. The van der Waals surface area contributed by atoms with E-state index < -0.39 is 0 Å². The summed E-state index contributed by atoms with van der Waals surface area (Å²) >= 11 is 0. The van der Waals surface area contributed by atoms with Gasteiger partial charge >= 0.3 is 0 Å². The molecule has 22 heavy (non-hydrogen) atoms. The molecule has 0 fully saturated rings. The van der Waals surface area contributed by atoms with E-state index in [0.29, 0.717) is 0 Å². The van der Waals surface area contributed by atoms with Crippen molar-refractivity contribution in [3.63, 3.8) is 0 Å². The molecule has 0 aliphatic heterocycles. The summed E-state index contributed by atoms with van der Waals surface area (Å²) in [5.74, 6) is 0. The molecule has 2 aliphatic carbocycles. The van der Waals surface area contributed by atoms with Gasteiger partial charge in [-0.25, -0.2) is 0 Å². The Labute approximate surface area is 137 Å². The molecule has 0 spiro atoms. The topological polar surface area (TPSA) is 0 Å². The van der Waals surface area contributed by atoms with Crippen LogP contribution in [0.5, 0.6) is 0 Å². The van der Waals surface area contributed by atoms with Gasteiger partial charge in [-0.2, -0.15) is 0 Å². The number of rotatable bonds is 0. The van der Waals surface area contributed by atoms with Gasteiger partial charge in [-0.1, -0.05) is 92.6 Å². The molecule has 0 aromatic carbocycles. The Morgan fingerprint density at radius 2 is 0.864 bits per heavy atom. The molecule has 2 aliphatic rings. The summed E-state index contributed by atoms with van der Waals surface area (Å²) in [5, 5.41) is 0. The van der Waals surface area contributed by atoms with E-state index in [2.05, 4.69) is 92.6 Å². The lowest BCUT2D eigenvalue weighted by atomic mass is 9.85. The molecule has 0 aromatic heterocycles. The third-order valence-electron chi connectivity index (χ3n) is 4.50. The quantitative estimate of drug-likeness (QED) is 0.508. The average Bonchev–Trinajstić information content (AvgIpc) is 2.53. The van der Waals surface area contributed by atoms with E-state index in [-0.39, 0.29) is 16.2 Å². The SMILES string of the molecule is CC(C)(C)c1ccc2c(C(C)(C)C)cc(C(C)(C)C)c-2cc1. The first kappa shape index (κ1) is 17.1. The number of fused-ring (bicyclic) bond motifs is 1. The molecular weight excluding hydrogens is 264 g/mol. The van der Waals surface area contributed by atoms with Gasteiger partial charge in [0.25, 0.3) is 0 Å². The highest BCUT2D eigenvalue weighted by atomic mass is 14.3. The monoisotopic (exact) mass is 296 g/mol. The van der Waals surface area contributed by atoms with Crippen LogP contribution in [0.25, 0.3) is 11.1 Å². The van der Waals surface area contributed by atoms with Crippen LogP contribution in [0.4, 0.5) is 0 Å². The van der Waals surface area contributed by atoms with Crippen LogP contribution < -0.4 is 0 Å². The van der Waals surface area contributed by atoms with E-state index in [9.17, 15) is 0 Å². The lowest BCUT2D eigenvalue weighted by Crippen LogP contribution is -2.12. The van der Waals surface area contributed by atoms with Crippen molar-refractivity contribution < 1.29 is 0 Å². The normalized spacial score (nSPS) is 13.7. The van der Waals surface area contributed by atoms with Crippen molar-refractivity contribution in [3.8, 4) is 11.1 Å². The zero-order chi connectivity index (χ0) is 16.9. The van der Waals surface area contributed by atoms with Crippen LogP contribution in [0.1, 0.15) is 79.0 Å². The highest BCUT2D eigenvalue weighted by Crippen LogP contribution is 2.43. The van der Waals surface area contributed by atoms with Gasteiger partial charge in [0.15, 0.2) is 0 Å². The molecule has 0 radical (unpaired) electrons. The minimum atomic E-state index is 0.165. The highest BCUT2D eigenvalue weighted by Gasteiger charge is 2.28. The number of hydrogen-bond donors (Lipinski definition) is 0. The standard InChI is InChI=1S/C22H32/c1-20(2,3)15-10-12-16-17(13-11-15)19(22(7,8)9)14-18(16)21(4,5)6/h10-14H,1-9H3. The summed E-state index contributed by atoms with van der Waals surface area (Å²) < 4.78 is 0. The van der Waals surface area contributed by atoms with Crippen molar-refractivity contribution in [2.45, 2.75) is 78.6 Å². The van der Waals surface area contributed by atoms with Crippen molar-refractivity contribution in [2.24, 2.45) is 0 Å². The molecule has 0 unspecified atom stereocenters. The van der Waals surface area contributed by atoms with Crippen LogP contribution in [-0.2, 0) is 16.2 Å². The van der Waals surface area contributed by atoms with E-state index in [4.69, 9.17) is 0 Å². The minimum Gasteiger partial charge on any atom is -0.0579 e. The van der Waals surface area contributed by atoms with Crippen molar-refractivity contribution in [2.75, 3.05) is 0 Å². The Balaban J connectivity index is 2.80. The maximum atomic E-state index is 2.43. The first-order valence-electron chi connectivity index (χ1n) is 8.40. The smallest absolute Gasteiger partial charge is 0.0126 e. The Hall–Kier alpha value is -1.30. The second-order valence-corrected chi connectivity index (χ2v) is 9.67. The fraction of sp³-hybridized carbons (Fsp3) is 0.545. The molecule has 0 heteroatoms. The second kappa shape index (κ2) is 5.11. The third kappa shape index (κ3) is 3.21. The van der Waals surface area contributed by atoms with Crippen molar-refractivity contribution in [3.05, 3.63) is 47.0 Å². The molecule has 2 rings (SSSR count). The average molecular weight is 296 g/mol. The predicted molar refractivity (Wildman–Crippen MR) is 99.2 cm³/mol. The lowest BCUT2D eigenvalue weighted by Gasteiger charge is -2.19. The molecule has 0 atom stereocenters. The van der Waals surface area contributed by atoms with Gasteiger partial charge in [0.2, 0.25) is 0 Å². The summed E-state index contributed by atoms with van der Waals surface area (Å²) in [6, 6.07) is 11.7. The van der Waals surface area contributed by atoms with Crippen LogP contribution in [0.3, 0.4) is 0 Å². The van der Waals surface area contributed by atoms with E-state index in [0.717, 1.165) is 0 Å². The van der Waals surface area contributed by atoms with Crippen molar-refractivity contribution >= 4 is 0 Å². The maximum Gasteiger partial charge on any atom is -0.0126 e. The summed E-state index contributed by atoms with van der Waals surface area (Å²) in [4.78, 5) is 0. The number of hydrogen-bond acceptors (Lipinski definition) is 0. The van der Waals surface area contributed by atoms with E-state index in [1.54, 1.807) is 0 Å². The van der Waals surface area contributed by atoms with Gasteiger partial charge in [0.05, 0.1) is 0 Å². The van der Waals surface area contributed by atoms with Crippen LogP contribution in [0.2, 0.25) is 0 Å². The summed E-state index contributed by atoms with van der Waals surface area (Å²) in [7, 11) is 0. The molecule has 0 amide bonds. The fourth-order valence-corrected chi connectivity index (χ4v) is 3.09. The molecular formula is C22H32. The molecule has 0 heterocycles. The second-order valence-electron chi connectivity index (χ2n) is 9.67. The molecule has 0 bridgehead atoms. The molecule has 0 aromatic rings. The maximum absolute atomic E-state index is 2.43. The summed E-state index contributed by atoms with van der Waals surface area (Å²) in [6.45, 7) is 20.7. The zero-order valence-corrected chi connectivity index (χ0v) is 15.9. The van der Waals surface area contributed by atoms with Gasteiger partial charge in [-0.05, 0) is 44.1 Å². The van der Waals surface area contributed by atoms with E-state index >= 15 is 0 Å². The van der Waals surface area contributed by atoms with Crippen LogP contribution in [0, 0.1) is 0 Å². The minimum absolute atomic E-state index is 0.165. The Morgan fingerprint density at radius 1 is 0.500 bits per heavy atom. The summed E-state index contributed by atoms with van der Waals surface area (Å²) in [5.41, 5.74) is 7.65. The summed E-state index contributed by atoms with van der Waals surface area (Å²) in [6.07, 6.45) is 0. The zero-order valence-electron chi connectivity index (χ0n) is 15.9. The first-order chi connectivity index (χ1) is 9.82. The van der Waals surface area contributed by atoms with Gasteiger partial charge in [0.1, 0.15) is 0 Å². The van der Waals surface area contributed by atoms with Crippen molar-refractivity contribution in [1.82, 2.24) is 0 Å². The molecule has 0 saturated carbocycles. The predicted octanol–water partition coefficient (Wildman–Crippen LogP) is 6.68. The van der Waals surface area contributed by atoms with Crippen LogP contribution >= 0.6 is 0 Å². The van der Waals surface area contributed by atoms with Gasteiger partial charge < -0.3 is 0 Å². The Morgan fingerprint density at radius 3 is 1.14 bits per heavy atom. The van der Waals surface area contributed by atoms with Gasteiger partial charge in [-0.3, -0.25) is 0 Å². The van der Waals surface area contributed by atoms with Gasteiger partial charge in [-0.15, -0.1) is 0 Å². The largest absolute Gasteiger partial charge is 0.0579 e. The van der Waals surface area contributed by atoms with Crippen molar-refractivity contribution in [1.29, 1.82) is 0 Å². The first-order valence-corrected chi connectivity index (χ1v) is 8.40. The molecule has 0 N–H and O–H groups in total. The van der Waals surface area contributed by atoms with E-state index in [1.807, 2.05) is 0 Å². The van der Waals surface area contributed by atoms with Gasteiger partial charge in [0, 0.05) is 0 Å². The molecule has 0 saturated heterocycles. The lowest BCUT2D eigenvalue weighted by molar-refractivity contribution is 0.581.